The van der Waals surface area contributed by atoms with Crippen LogP contribution in [0.2, 0.25) is 10.3 Å². The quantitative estimate of drug-likeness (QED) is 0.123. The Kier molecular flexibility index (Phi) is 21.7. The summed E-state index contributed by atoms with van der Waals surface area (Å²) in [5, 5.41) is 34.8. The molecule has 14 nitrogen and oxygen atoms in total. The zero-order valence-corrected chi connectivity index (χ0v) is 26.4. The molecule has 0 aliphatic carbocycles. The Balaban J connectivity index is 0.000000591. The molecule has 2 aromatic heterocycles. The second-order valence-electron chi connectivity index (χ2n) is 7.75. The van der Waals surface area contributed by atoms with Crippen molar-refractivity contribution in [2.75, 3.05) is 38.7 Å². The summed E-state index contributed by atoms with van der Waals surface area (Å²) in [7, 11) is 0. The van der Waals surface area contributed by atoms with Gasteiger partial charge in [0.15, 0.2) is 5.82 Å². The fourth-order valence-corrected chi connectivity index (χ4v) is 4.06. The third-order valence-electron chi connectivity index (χ3n) is 4.47. The number of nitrogens with zero attached hydrogens (tertiary/aromatic N) is 5. The highest BCUT2D eigenvalue weighted by Gasteiger charge is 2.19. The molecule has 0 amide bonds. The van der Waals surface area contributed by atoms with Gasteiger partial charge in [0.1, 0.15) is 14.5 Å². The van der Waals surface area contributed by atoms with Gasteiger partial charge < -0.3 is 26.4 Å². The van der Waals surface area contributed by atoms with E-state index in [9.17, 15) is 20.2 Å². The summed E-state index contributed by atoms with van der Waals surface area (Å²) >= 11 is 14.1. The van der Waals surface area contributed by atoms with Gasteiger partial charge in [-0.2, -0.15) is 0 Å². The largest absolute Gasteiger partial charge is 0.481 e. The lowest BCUT2D eigenvalue weighted by Crippen LogP contribution is -2.21. The first kappa shape index (κ1) is 38.9. The fraction of sp³-hybridized carbons (Fsp3) is 0.375. The Bertz CT molecular complexity index is 1150. The molecule has 42 heavy (non-hydrogen) atoms. The number of aliphatic carboxylic acids is 1. The molecule has 232 valence electrons. The summed E-state index contributed by atoms with van der Waals surface area (Å²) in [5.41, 5.74) is 7.40. The van der Waals surface area contributed by atoms with E-state index in [1.54, 1.807) is 24.5 Å². The van der Waals surface area contributed by atoms with Crippen molar-refractivity contribution >= 4 is 52.7 Å². The van der Waals surface area contributed by atoms with Crippen LogP contribution < -0.4 is 16.4 Å². The summed E-state index contributed by atoms with van der Waals surface area (Å²) in [6.45, 7) is 5.38. The number of nitro groups is 2. The normalized spacial score (nSPS) is 12.3. The van der Waals surface area contributed by atoms with E-state index in [1.807, 2.05) is 29.5 Å². The Morgan fingerprint density at radius 1 is 1.12 bits per heavy atom. The van der Waals surface area contributed by atoms with Crippen LogP contribution in [-0.4, -0.2) is 74.5 Å². The summed E-state index contributed by atoms with van der Waals surface area (Å²) in [5.74, 6) is -0.301. The Morgan fingerprint density at radius 2 is 1.67 bits per heavy atom. The van der Waals surface area contributed by atoms with Gasteiger partial charge in [0.2, 0.25) is 0 Å². The smallest absolute Gasteiger partial charge is 0.300 e. The number of nitrogens with one attached hydrogen (secondary N) is 2. The van der Waals surface area contributed by atoms with E-state index < -0.39 is 15.8 Å². The molecule has 3 heterocycles. The molecule has 0 spiro atoms. The molecule has 0 atom stereocenters. The number of halogens is 2. The standard InChI is InChI=1S/C10H11ClN4O2.C8H12ClN3.C4H7NO2S2.C2H4O2/c11-9-2-1-8(5-13-9)6-14-4-3-12-10(14)7-15(16)17;9-8-2-1-7(6-12-8)5-11-4-3-10;1-8-4(9-2)3-5(6)7;1-2(3)4/h1-2,5,7,12H,3-4,6H2;1-2,6,11H,3-5,10H2;3H,1-2H3;1H3,(H,3,4)/b10-7+;;;. The second-order valence-corrected chi connectivity index (χ2v) is 10.5. The number of rotatable bonds is 10. The van der Waals surface area contributed by atoms with Gasteiger partial charge in [0.25, 0.3) is 18.4 Å². The van der Waals surface area contributed by atoms with Crippen LogP contribution >= 0.6 is 46.7 Å². The molecule has 18 heteroatoms. The van der Waals surface area contributed by atoms with E-state index >= 15 is 0 Å². The molecular formula is C24H34Cl2N8O6S2. The van der Waals surface area contributed by atoms with Gasteiger partial charge >= 0.3 is 0 Å². The van der Waals surface area contributed by atoms with E-state index in [0.29, 0.717) is 35.8 Å². The molecule has 2 aromatic rings. The molecule has 1 aliphatic heterocycles. The molecule has 0 bridgehead atoms. The van der Waals surface area contributed by atoms with Crippen molar-refractivity contribution in [3.8, 4) is 0 Å². The number of carboxylic acids is 1. The first-order valence-corrected chi connectivity index (χ1v) is 15.2. The Labute approximate surface area is 262 Å². The van der Waals surface area contributed by atoms with Crippen LogP contribution in [0.4, 0.5) is 0 Å². The first-order chi connectivity index (χ1) is 19.9. The summed E-state index contributed by atoms with van der Waals surface area (Å²) in [6.07, 6.45) is 9.04. The molecule has 5 N–H and O–H groups in total. The minimum absolute atomic E-state index is 0.439. The van der Waals surface area contributed by atoms with E-state index in [-0.39, 0.29) is 0 Å². The number of carbonyl (C=O) groups is 1. The van der Waals surface area contributed by atoms with Crippen molar-refractivity contribution in [3.63, 3.8) is 0 Å². The number of hydrogen-bond donors (Lipinski definition) is 4. The van der Waals surface area contributed by atoms with Gasteiger partial charge in [-0.1, -0.05) is 35.3 Å². The molecule has 0 radical (unpaired) electrons. The molecule has 0 unspecified atom stereocenters. The zero-order chi connectivity index (χ0) is 31.9. The minimum Gasteiger partial charge on any atom is -0.481 e. The van der Waals surface area contributed by atoms with Crippen molar-refractivity contribution in [1.82, 2.24) is 25.5 Å². The summed E-state index contributed by atoms with van der Waals surface area (Å²) < 4.78 is 0.722. The van der Waals surface area contributed by atoms with Gasteiger partial charge in [0, 0.05) is 58.6 Å². The number of aromatic nitrogens is 2. The summed E-state index contributed by atoms with van der Waals surface area (Å²) in [4.78, 5) is 38.2. The summed E-state index contributed by atoms with van der Waals surface area (Å²) in [6, 6.07) is 7.29. The maximum Gasteiger partial charge on any atom is 0.300 e. The third kappa shape index (κ3) is 20.7. The van der Waals surface area contributed by atoms with Gasteiger partial charge in [-0.15, -0.1) is 23.5 Å². The van der Waals surface area contributed by atoms with Crippen molar-refractivity contribution < 1.29 is 19.7 Å². The second kappa shape index (κ2) is 23.4. The average Bonchev–Trinajstić information content (AvgIpc) is 3.35. The lowest BCUT2D eigenvalue weighted by Gasteiger charge is -2.16. The van der Waals surface area contributed by atoms with Crippen LogP contribution in [0, 0.1) is 20.2 Å². The predicted octanol–water partition coefficient (Wildman–Crippen LogP) is 3.88. The molecule has 1 aliphatic rings. The number of nitrogens with two attached hydrogens (primary N) is 1. The number of hydrogen-bond acceptors (Lipinski definition) is 13. The SMILES string of the molecule is CC(=O)O.CSC(=C[N+](=O)[O-])SC.NCCNCc1ccc(Cl)nc1.O=[N+]([O-])/C=C1\NCCN1Cc1ccc(Cl)nc1. The highest BCUT2D eigenvalue weighted by molar-refractivity contribution is 8.21. The van der Waals surface area contributed by atoms with Gasteiger partial charge in [-0.05, 0) is 35.8 Å². The maximum absolute atomic E-state index is 10.4. The maximum atomic E-state index is 10.4. The Morgan fingerprint density at radius 3 is 2.07 bits per heavy atom. The molecule has 1 fully saturated rings. The van der Waals surface area contributed by atoms with Gasteiger partial charge in [0.05, 0.1) is 9.85 Å². The van der Waals surface area contributed by atoms with Crippen molar-refractivity contribution in [2.24, 2.45) is 5.73 Å². The van der Waals surface area contributed by atoms with E-state index in [2.05, 4.69) is 20.6 Å². The van der Waals surface area contributed by atoms with Gasteiger partial charge in [-0.3, -0.25) is 25.0 Å². The highest BCUT2D eigenvalue weighted by atomic mass is 35.5. The van der Waals surface area contributed by atoms with Crippen LogP contribution in [-0.2, 0) is 17.9 Å². The van der Waals surface area contributed by atoms with Gasteiger partial charge in [-0.25, -0.2) is 9.97 Å². The number of thioether (sulfide) groups is 2. The van der Waals surface area contributed by atoms with Crippen LogP contribution in [0.25, 0.3) is 0 Å². The monoisotopic (exact) mass is 664 g/mol. The highest BCUT2D eigenvalue weighted by Crippen LogP contribution is 2.22. The molecule has 1 saturated heterocycles. The van der Waals surface area contributed by atoms with E-state index in [1.165, 1.54) is 23.5 Å². The van der Waals surface area contributed by atoms with Crippen LogP contribution in [0.3, 0.4) is 0 Å². The fourth-order valence-electron chi connectivity index (χ4n) is 2.78. The number of carboxylic acid groups (broad SMARTS) is 1. The third-order valence-corrected chi connectivity index (χ3v) is 6.93. The van der Waals surface area contributed by atoms with E-state index in [0.717, 1.165) is 54.3 Å². The van der Waals surface area contributed by atoms with Crippen molar-refractivity contribution in [1.29, 1.82) is 0 Å². The molecule has 3 rings (SSSR count). The zero-order valence-electron chi connectivity index (χ0n) is 23.2. The topological polar surface area (TPSA) is 203 Å². The van der Waals surface area contributed by atoms with Crippen LogP contribution in [0.5, 0.6) is 0 Å². The van der Waals surface area contributed by atoms with Crippen molar-refractivity contribution in [3.05, 3.63) is 101 Å². The predicted molar refractivity (Wildman–Crippen MR) is 168 cm³/mol. The average molecular weight is 666 g/mol. The first-order valence-electron chi connectivity index (χ1n) is 12.0. The molecule has 0 saturated carbocycles. The van der Waals surface area contributed by atoms with E-state index in [4.69, 9.17) is 38.8 Å². The van der Waals surface area contributed by atoms with Crippen LogP contribution in [0.15, 0.2) is 59.1 Å². The lowest BCUT2D eigenvalue weighted by atomic mass is 10.2. The molecule has 0 aromatic carbocycles. The molecular weight excluding hydrogens is 631 g/mol. The number of pyridine rings is 2. The minimum atomic E-state index is -0.833. The Hall–Kier alpha value is -3.15. The lowest BCUT2D eigenvalue weighted by molar-refractivity contribution is -0.404. The van der Waals surface area contributed by atoms with Crippen LogP contribution in [0.1, 0.15) is 18.1 Å². The van der Waals surface area contributed by atoms with Crippen molar-refractivity contribution in [2.45, 2.75) is 20.0 Å².